The van der Waals surface area contributed by atoms with Crippen LogP contribution in [0.25, 0.3) is 0 Å². The Bertz CT molecular complexity index is 832. The highest BCUT2D eigenvalue weighted by atomic mass is 16.5. The molecule has 0 heterocycles. The number of carbonyl (C=O) groups is 4. The molecule has 0 aliphatic carbocycles. The predicted molar refractivity (Wildman–Crippen MR) is 93.1 cm³/mol. The van der Waals surface area contributed by atoms with E-state index in [4.69, 9.17) is 9.47 Å². The van der Waals surface area contributed by atoms with E-state index in [1.807, 2.05) is 0 Å². The standard InChI is InChI=1S/C20H18O6/c1-12(2)19(23)25-16-8-4-14(5-9-16)18(22)15-6-10-17(11-7-15)26-20(24)13(3)21/h4-12H,1-3H3. The minimum Gasteiger partial charge on any atom is -0.426 e. The Morgan fingerprint density at radius 2 is 1.15 bits per heavy atom. The van der Waals surface area contributed by atoms with E-state index in [1.54, 1.807) is 38.1 Å². The molecular weight excluding hydrogens is 336 g/mol. The first-order valence-electron chi connectivity index (χ1n) is 7.97. The third-order valence-corrected chi connectivity index (χ3v) is 3.42. The average Bonchev–Trinajstić information content (AvgIpc) is 2.62. The van der Waals surface area contributed by atoms with E-state index in [0.29, 0.717) is 16.9 Å². The van der Waals surface area contributed by atoms with Crippen LogP contribution in [0.2, 0.25) is 0 Å². The Hall–Kier alpha value is -3.28. The van der Waals surface area contributed by atoms with Crippen molar-refractivity contribution < 1.29 is 28.7 Å². The topological polar surface area (TPSA) is 86.7 Å². The summed E-state index contributed by atoms with van der Waals surface area (Å²) < 4.78 is 10.0. The molecule has 2 rings (SSSR count). The Kier molecular flexibility index (Phi) is 6.01. The van der Waals surface area contributed by atoms with E-state index in [1.165, 1.54) is 24.3 Å². The van der Waals surface area contributed by atoms with Crippen molar-refractivity contribution in [1.29, 1.82) is 0 Å². The van der Waals surface area contributed by atoms with E-state index in [0.717, 1.165) is 6.92 Å². The highest BCUT2D eigenvalue weighted by Crippen LogP contribution is 2.19. The van der Waals surface area contributed by atoms with Crippen LogP contribution in [0.1, 0.15) is 36.7 Å². The van der Waals surface area contributed by atoms with Crippen LogP contribution < -0.4 is 9.47 Å². The van der Waals surface area contributed by atoms with Gasteiger partial charge in [0, 0.05) is 18.1 Å². The van der Waals surface area contributed by atoms with Crippen LogP contribution in [-0.2, 0) is 14.4 Å². The van der Waals surface area contributed by atoms with Gasteiger partial charge in [-0.2, -0.15) is 0 Å². The smallest absolute Gasteiger partial charge is 0.379 e. The summed E-state index contributed by atoms with van der Waals surface area (Å²) in [5.74, 6) is -1.95. The van der Waals surface area contributed by atoms with Gasteiger partial charge < -0.3 is 9.47 Å². The van der Waals surface area contributed by atoms with Crippen molar-refractivity contribution >= 4 is 23.5 Å². The van der Waals surface area contributed by atoms with Crippen LogP contribution in [0.3, 0.4) is 0 Å². The Morgan fingerprint density at radius 3 is 1.54 bits per heavy atom. The molecule has 2 aromatic carbocycles. The maximum absolute atomic E-state index is 12.5. The number of esters is 2. The molecule has 0 unspecified atom stereocenters. The van der Waals surface area contributed by atoms with E-state index in [2.05, 4.69) is 0 Å². The molecule has 0 radical (unpaired) electrons. The Balaban J connectivity index is 2.07. The molecule has 2 aromatic rings. The zero-order valence-corrected chi connectivity index (χ0v) is 14.6. The van der Waals surface area contributed by atoms with Crippen molar-refractivity contribution in [2.24, 2.45) is 5.92 Å². The lowest BCUT2D eigenvalue weighted by Crippen LogP contribution is -2.16. The molecule has 134 valence electrons. The molecule has 0 amide bonds. The van der Waals surface area contributed by atoms with Gasteiger partial charge in [0.15, 0.2) is 5.78 Å². The van der Waals surface area contributed by atoms with Gasteiger partial charge in [0.2, 0.25) is 5.78 Å². The van der Waals surface area contributed by atoms with E-state index >= 15 is 0 Å². The highest BCUT2D eigenvalue weighted by molar-refractivity contribution is 6.33. The summed E-state index contributed by atoms with van der Waals surface area (Å²) in [6.07, 6.45) is 0. The number of carbonyl (C=O) groups excluding carboxylic acids is 4. The lowest BCUT2D eigenvalue weighted by Gasteiger charge is -2.07. The molecular formula is C20H18O6. The van der Waals surface area contributed by atoms with Gasteiger partial charge in [-0.3, -0.25) is 14.4 Å². The molecule has 0 N–H and O–H groups in total. The number of ether oxygens (including phenoxy) is 2. The number of Topliss-reactive ketones (excluding diaryl/α,β-unsaturated/α-hetero) is 1. The molecule has 26 heavy (non-hydrogen) atoms. The lowest BCUT2D eigenvalue weighted by molar-refractivity contribution is -0.146. The average molecular weight is 354 g/mol. The minimum atomic E-state index is -0.962. The number of benzene rings is 2. The minimum absolute atomic E-state index is 0.178. The number of ketones is 2. The molecule has 6 nitrogen and oxygen atoms in total. The normalized spacial score (nSPS) is 10.3. The molecule has 0 aromatic heterocycles. The maximum atomic E-state index is 12.5. The second-order valence-corrected chi connectivity index (χ2v) is 5.90. The van der Waals surface area contributed by atoms with E-state index in [9.17, 15) is 19.2 Å². The number of hydrogen-bond acceptors (Lipinski definition) is 6. The van der Waals surface area contributed by atoms with Crippen molar-refractivity contribution in [2.45, 2.75) is 20.8 Å². The van der Waals surface area contributed by atoms with Crippen LogP contribution >= 0.6 is 0 Å². The van der Waals surface area contributed by atoms with E-state index in [-0.39, 0.29) is 23.4 Å². The largest absolute Gasteiger partial charge is 0.426 e. The molecule has 0 spiro atoms. The van der Waals surface area contributed by atoms with Gasteiger partial charge in [-0.15, -0.1) is 0 Å². The summed E-state index contributed by atoms with van der Waals surface area (Å²) >= 11 is 0. The zero-order valence-electron chi connectivity index (χ0n) is 14.6. The lowest BCUT2D eigenvalue weighted by atomic mass is 10.0. The summed E-state index contributed by atoms with van der Waals surface area (Å²) in [5, 5.41) is 0. The van der Waals surface area contributed by atoms with Crippen molar-refractivity contribution in [2.75, 3.05) is 0 Å². The fourth-order valence-corrected chi connectivity index (χ4v) is 1.93. The third-order valence-electron chi connectivity index (χ3n) is 3.42. The summed E-state index contributed by atoms with van der Waals surface area (Å²) in [5.41, 5.74) is 0.808. The van der Waals surface area contributed by atoms with Crippen molar-refractivity contribution in [3.05, 3.63) is 59.7 Å². The van der Waals surface area contributed by atoms with Gasteiger partial charge >= 0.3 is 11.9 Å². The summed E-state index contributed by atoms with van der Waals surface area (Å²) in [6.45, 7) is 4.58. The van der Waals surface area contributed by atoms with Gasteiger partial charge in [-0.05, 0) is 48.5 Å². The summed E-state index contributed by atoms with van der Waals surface area (Å²) in [4.78, 5) is 46.1. The molecule has 6 heteroatoms. The molecule has 0 bridgehead atoms. The fourth-order valence-electron chi connectivity index (χ4n) is 1.93. The van der Waals surface area contributed by atoms with Gasteiger partial charge in [0.05, 0.1) is 5.92 Å². The van der Waals surface area contributed by atoms with Crippen molar-refractivity contribution in [3.8, 4) is 11.5 Å². The second-order valence-electron chi connectivity index (χ2n) is 5.90. The summed E-state index contributed by atoms with van der Waals surface area (Å²) in [6, 6.07) is 12.1. The van der Waals surface area contributed by atoms with Crippen LogP contribution in [0.5, 0.6) is 11.5 Å². The van der Waals surface area contributed by atoms with Crippen molar-refractivity contribution in [3.63, 3.8) is 0 Å². The Labute approximate surface area is 150 Å². The molecule has 0 saturated heterocycles. The van der Waals surface area contributed by atoms with Gasteiger partial charge in [0.25, 0.3) is 0 Å². The number of hydrogen-bond donors (Lipinski definition) is 0. The first kappa shape index (κ1) is 19.1. The quantitative estimate of drug-likeness (QED) is 0.343. The first-order chi connectivity index (χ1) is 12.3. The summed E-state index contributed by atoms with van der Waals surface area (Å²) in [7, 11) is 0. The van der Waals surface area contributed by atoms with Gasteiger partial charge in [0.1, 0.15) is 11.5 Å². The maximum Gasteiger partial charge on any atom is 0.379 e. The Morgan fingerprint density at radius 1 is 0.731 bits per heavy atom. The van der Waals surface area contributed by atoms with Gasteiger partial charge in [-0.1, -0.05) is 13.8 Å². The molecule has 0 saturated carbocycles. The number of rotatable bonds is 6. The predicted octanol–water partition coefficient (Wildman–Crippen LogP) is 2.97. The van der Waals surface area contributed by atoms with Crippen LogP contribution in [0.4, 0.5) is 0 Å². The molecule has 0 atom stereocenters. The van der Waals surface area contributed by atoms with Gasteiger partial charge in [-0.25, -0.2) is 4.79 Å². The molecule has 0 aliphatic heterocycles. The fraction of sp³-hybridized carbons (Fsp3) is 0.200. The first-order valence-corrected chi connectivity index (χ1v) is 7.97. The highest BCUT2D eigenvalue weighted by Gasteiger charge is 2.14. The van der Waals surface area contributed by atoms with Crippen molar-refractivity contribution in [1.82, 2.24) is 0 Å². The zero-order chi connectivity index (χ0) is 19.3. The van der Waals surface area contributed by atoms with E-state index < -0.39 is 11.8 Å². The monoisotopic (exact) mass is 354 g/mol. The second kappa shape index (κ2) is 8.20. The van der Waals surface area contributed by atoms with Crippen LogP contribution in [0, 0.1) is 5.92 Å². The third kappa shape index (κ3) is 4.86. The van der Waals surface area contributed by atoms with Crippen LogP contribution in [-0.4, -0.2) is 23.5 Å². The SMILES string of the molecule is CC(=O)C(=O)Oc1ccc(C(=O)c2ccc(OC(=O)C(C)C)cc2)cc1. The van der Waals surface area contributed by atoms with Crippen LogP contribution in [0.15, 0.2) is 48.5 Å². The molecule has 0 fully saturated rings. The molecule has 0 aliphatic rings.